The minimum Gasteiger partial charge on any atom is -0.390 e. The summed E-state index contributed by atoms with van der Waals surface area (Å²) in [6.07, 6.45) is 9.66. The summed E-state index contributed by atoms with van der Waals surface area (Å²) in [6, 6.07) is 0. The summed E-state index contributed by atoms with van der Waals surface area (Å²) in [4.78, 5) is 2.48. The molecule has 1 nitrogen and oxygen atoms in total. The number of fused-ring (bicyclic) bond motifs is 1. The number of rotatable bonds is 0. The van der Waals surface area contributed by atoms with E-state index < -0.39 is 0 Å². The first-order valence-corrected chi connectivity index (χ1v) is 10.2. The van der Waals surface area contributed by atoms with Crippen molar-refractivity contribution < 1.29 is 0 Å². The average Bonchev–Trinajstić information content (AvgIpc) is 2.88. The molecule has 0 aromatic carbocycles. The van der Waals surface area contributed by atoms with Gasteiger partial charge in [0.2, 0.25) is 0 Å². The van der Waals surface area contributed by atoms with Gasteiger partial charge in [0.15, 0.2) is 0 Å². The molecule has 1 atom stereocenters. The average molecular weight is 382 g/mol. The Bertz CT molecular complexity index is 659. The van der Waals surface area contributed by atoms with Crippen molar-refractivity contribution in [3.8, 4) is 11.8 Å². The van der Waals surface area contributed by atoms with Gasteiger partial charge in [0.25, 0.3) is 0 Å². The van der Waals surface area contributed by atoms with Crippen LogP contribution in [-0.4, -0.2) is 0 Å². The Kier molecular flexibility index (Phi) is 9.66. The molecule has 1 unspecified atom stereocenters. The molecule has 4 heteroatoms. The van der Waals surface area contributed by atoms with Gasteiger partial charge in [-0.15, -0.1) is 29.9 Å². The van der Waals surface area contributed by atoms with Gasteiger partial charge in [0.05, 0.1) is 5.56 Å². The Morgan fingerprint density at radius 2 is 2.04 bits per heavy atom. The lowest BCUT2D eigenvalue weighted by molar-refractivity contribution is 0.507. The molecule has 1 heterocycles. The highest BCUT2D eigenvalue weighted by Crippen LogP contribution is 2.37. The maximum absolute atomic E-state index is 5.97. The molecule has 2 aliphatic carbocycles. The van der Waals surface area contributed by atoms with Crippen LogP contribution in [-0.2, 0) is 12.8 Å². The fraction of sp³-hybridized carbons (Fsp3) is 0.500. The van der Waals surface area contributed by atoms with E-state index in [9.17, 15) is 0 Å². The number of anilines is 1. The zero-order valence-corrected chi connectivity index (χ0v) is 17.5. The van der Waals surface area contributed by atoms with E-state index in [1.807, 2.05) is 26.8 Å². The zero-order chi connectivity index (χ0) is 18.1. The highest BCUT2D eigenvalue weighted by Gasteiger charge is 2.21. The van der Waals surface area contributed by atoms with Gasteiger partial charge >= 0.3 is 0 Å². The van der Waals surface area contributed by atoms with Crippen molar-refractivity contribution in [3.63, 3.8) is 0 Å². The maximum atomic E-state index is 5.97. The zero-order valence-electron chi connectivity index (χ0n) is 15.1. The van der Waals surface area contributed by atoms with E-state index in [0.717, 1.165) is 45.7 Å². The van der Waals surface area contributed by atoms with Gasteiger partial charge < -0.3 is 5.73 Å². The lowest BCUT2D eigenvalue weighted by Gasteiger charge is -2.17. The highest BCUT2D eigenvalue weighted by molar-refractivity contribution is 7.84. The van der Waals surface area contributed by atoms with E-state index in [-0.39, 0.29) is 0 Å². The van der Waals surface area contributed by atoms with E-state index in [0.29, 0.717) is 0 Å². The SMILES string of the molecule is CC.CC#Cc1c(N)sc2c1CCC(C)C2.SC1=C(Cl)C=CCC1. The summed E-state index contributed by atoms with van der Waals surface area (Å²) >= 11 is 11.6. The smallest absolute Gasteiger partial charge is 0.102 e. The predicted octanol–water partition coefficient (Wildman–Crippen LogP) is 6.57. The number of hydrogen-bond donors (Lipinski definition) is 2. The molecule has 0 aliphatic heterocycles. The van der Waals surface area contributed by atoms with E-state index in [2.05, 4.69) is 37.5 Å². The molecule has 1 aromatic heterocycles. The molecule has 0 saturated carbocycles. The Hall–Kier alpha value is -0.820. The number of allylic oxidation sites excluding steroid dienone is 4. The predicted molar refractivity (Wildman–Crippen MR) is 114 cm³/mol. The maximum Gasteiger partial charge on any atom is 0.102 e. The van der Waals surface area contributed by atoms with Crippen LogP contribution in [0.25, 0.3) is 0 Å². The Morgan fingerprint density at radius 1 is 1.33 bits per heavy atom. The number of hydrogen-bond acceptors (Lipinski definition) is 3. The number of nitrogens with two attached hydrogens (primary N) is 1. The van der Waals surface area contributed by atoms with Crippen LogP contribution in [0.4, 0.5) is 5.00 Å². The van der Waals surface area contributed by atoms with Crippen molar-refractivity contribution in [2.75, 3.05) is 5.73 Å². The van der Waals surface area contributed by atoms with E-state index in [1.165, 1.54) is 23.3 Å². The van der Waals surface area contributed by atoms with Crippen LogP contribution < -0.4 is 5.73 Å². The molecular formula is C20H28ClNS2. The fourth-order valence-corrected chi connectivity index (χ4v) is 4.28. The van der Waals surface area contributed by atoms with Crippen molar-refractivity contribution in [1.82, 2.24) is 0 Å². The molecule has 3 rings (SSSR count). The molecule has 132 valence electrons. The van der Waals surface area contributed by atoms with Crippen LogP contribution in [0, 0.1) is 17.8 Å². The third-order valence-corrected chi connectivity index (χ3v) is 5.91. The largest absolute Gasteiger partial charge is 0.390 e. The quantitative estimate of drug-likeness (QED) is 0.385. The van der Waals surface area contributed by atoms with Crippen LogP contribution in [0.5, 0.6) is 0 Å². The monoisotopic (exact) mass is 381 g/mol. The first-order chi connectivity index (χ1) is 11.5. The van der Waals surface area contributed by atoms with E-state index in [4.69, 9.17) is 17.3 Å². The number of nitrogen functional groups attached to an aromatic ring is 1. The summed E-state index contributed by atoms with van der Waals surface area (Å²) in [7, 11) is 0. The van der Waals surface area contributed by atoms with Crippen molar-refractivity contribution in [3.05, 3.63) is 38.1 Å². The van der Waals surface area contributed by atoms with Crippen molar-refractivity contribution in [1.29, 1.82) is 0 Å². The molecule has 2 aliphatic rings. The summed E-state index contributed by atoms with van der Waals surface area (Å²) in [5.74, 6) is 6.89. The lowest BCUT2D eigenvalue weighted by Crippen LogP contribution is -2.09. The molecule has 0 bridgehead atoms. The Labute approximate surface area is 161 Å². The number of thiophene rings is 1. The lowest BCUT2D eigenvalue weighted by atomic mass is 9.88. The number of thiol groups is 1. The van der Waals surface area contributed by atoms with Gasteiger partial charge in [-0.2, -0.15) is 0 Å². The van der Waals surface area contributed by atoms with Gasteiger partial charge in [-0.05, 0) is 56.6 Å². The fourth-order valence-electron chi connectivity index (χ4n) is 2.66. The summed E-state index contributed by atoms with van der Waals surface area (Å²) in [6.45, 7) is 8.18. The molecule has 0 radical (unpaired) electrons. The third kappa shape index (κ3) is 5.92. The molecule has 24 heavy (non-hydrogen) atoms. The van der Waals surface area contributed by atoms with Crippen molar-refractivity contribution in [2.45, 2.75) is 59.8 Å². The first kappa shape index (κ1) is 21.2. The van der Waals surface area contributed by atoms with Crippen molar-refractivity contribution >= 4 is 40.6 Å². The second-order valence-electron chi connectivity index (χ2n) is 5.70. The summed E-state index contributed by atoms with van der Waals surface area (Å²) < 4.78 is 0. The molecule has 0 saturated heterocycles. The van der Waals surface area contributed by atoms with Gasteiger partial charge in [-0.25, -0.2) is 0 Å². The van der Waals surface area contributed by atoms with Gasteiger partial charge in [-0.1, -0.05) is 44.4 Å². The van der Waals surface area contributed by atoms with E-state index >= 15 is 0 Å². The van der Waals surface area contributed by atoms with Gasteiger partial charge in [0.1, 0.15) is 5.00 Å². The van der Waals surface area contributed by atoms with Crippen LogP contribution in [0.2, 0.25) is 0 Å². The van der Waals surface area contributed by atoms with Gasteiger partial charge in [0, 0.05) is 14.8 Å². The highest BCUT2D eigenvalue weighted by atomic mass is 35.5. The van der Waals surface area contributed by atoms with Crippen LogP contribution in [0.3, 0.4) is 0 Å². The number of halogens is 1. The van der Waals surface area contributed by atoms with Crippen LogP contribution in [0.15, 0.2) is 22.1 Å². The second kappa shape index (κ2) is 10.9. The molecular weight excluding hydrogens is 354 g/mol. The topological polar surface area (TPSA) is 26.0 Å². The minimum absolute atomic E-state index is 0.791. The first-order valence-electron chi connectivity index (χ1n) is 8.59. The van der Waals surface area contributed by atoms with E-state index in [1.54, 1.807) is 11.3 Å². The normalized spacial score (nSPS) is 18.3. The molecule has 0 spiro atoms. The summed E-state index contributed by atoms with van der Waals surface area (Å²) in [5.41, 5.74) is 8.51. The molecule has 0 fully saturated rings. The van der Waals surface area contributed by atoms with Crippen LogP contribution in [0.1, 0.15) is 63.0 Å². The second-order valence-corrected chi connectivity index (χ2v) is 7.79. The van der Waals surface area contributed by atoms with Gasteiger partial charge in [-0.3, -0.25) is 0 Å². The summed E-state index contributed by atoms with van der Waals surface area (Å²) in [5, 5.41) is 1.71. The molecule has 1 aromatic rings. The minimum atomic E-state index is 0.791. The molecule has 2 N–H and O–H groups in total. The van der Waals surface area contributed by atoms with Crippen molar-refractivity contribution in [2.24, 2.45) is 5.92 Å². The standard InChI is InChI=1S/C12H15NS.C6H7ClS.C2H6/c1-3-4-10-9-6-5-8(2)7-11(9)14-12(10)13;7-5-3-1-2-4-6(5)8;1-2/h8H,5-7,13H2,1-2H3;1,3,8H,2,4H2;1-2H3. The Morgan fingerprint density at radius 3 is 2.58 bits per heavy atom. The third-order valence-electron chi connectivity index (χ3n) is 3.88. The van der Waals surface area contributed by atoms with Crippen LogP contribution >= 0.6 is 35.6 Å². The molecule has 0 amide bonds. The Balaban J connectivity index is 0.000000245.